The van der Waals surface area contributed by atoms with Crippen LogP contribution >= 0.6 is 0 Å². The van der Waals surface area contributed by atoms with Crippen molar-refractivity contribution in [3.05, 3.63) is 35.9 Å². The minimum absolute atomic E-state index is 0.00618. The zero-order valence-electron chi connectivity index (χ0n) is 14.2. The van der Waals surface area contributed by atoms with Gasteiger partial charge in [0.05, 0.1) is 6.54 Å². The molecule has 1 heterocycles. The Morgan fingerprint density at radius 3 is 2.58 bits per heavy atom. The molecule has 1 aliphatic rings. The van der Waals surface area contributed by atoms with E-state index in [-0.39, 0.29) is 36.2 Å². The van der Waals surface area contributed by atoms with Crippen molar-refractivity contribution in [2.75, 3.05) is 19.6 Å². The number of hydrogen-bond acceptors (Lipinski definition) is 3. The van der Waals surface area contributed by atoms with Crippen molar-refractivity contribution in [2.24, 2.45) is 5.92 Å². The summed E-state index contributed by atoms with van der Waals surface area (Å²) in [6.07, 6.45) is 1.72. The zero-order valence-corrected chi connectivity index (χ0v) is 14.2. The van der Waals surface area contributed by atoms with Gasteiger partial charge in [-0.2, -0.15) is 0 Å². The lowest BCUT2D eigenvalue weighted by molar-refractivity contribution is -0.133. The molecule has 3 amide bonds. The van der Waals surface area contributed by atoms with Crippen molar-refractivity contribution >= 4 is 17.7 Å². The van der Waals surface area contributed by atoms with Gasteiger partial charge in [0.1, 0.15) is 0 Å². The number of nitrogens with zero attached hydrogens (tertiary/aromatic N) is 1. The Morgan fingerprint density at radius 1 is 1.21 bits per heavy atom. The zero-order chi connectivity index (χ0) is 17.5. The Hall–Kier alpha value is -2.37. The molecule has 2 rings (SSSR count). The minimum atomic E-state index is -0.259. The maximum absolute atomic E-state index is 12.3. The highest BCUT2D eigenvalue weighted by atomic mass is 16.2. The van der Waals surface area contributed by atoms with Crippen molar-refractivity contribution in [3.8, 4) is 0 Å². The molecule has 0 bridgehead atoms. The molecule has 24 heavy (non-hydrogen) atoms. The summed E-state index contributed by atoms with van der Waals surface area (Å²) in [5, 5.41) is 5.63. The van der Waals surface area contributed by atoms with E-state index in [0.29, 0.717) is 18.7 Å². The molecular formula is C18H25N3O3. The number of likely N-dealkylation sites (tertiary alicyclic amines) is 1. The summed E-state index contributed by atoms with van der Waals surface area (Å²) in [6.45, 7) is 4.82. The van der Waals surface area contributed by atoms with Crippen LogP contribution in [0.1, 0.15) is 37.0 Å². The van der Waals surface area contributed by atoms with Crippen LogP contribution in [-0.4, -0.2) is 48.3 Å². The Bertz CT molecular complexity index is 586. The molecular weight excluding hydrogens is 306 g/mol. The van der Waals surface area contributed by atoms with Crippen LogP contribution in [-0.2, 0) is 9.59 Å². The number of rotatable bonds is 5. The van der Waals surface area contributed by atoms with Gasteiger partial charge in [0.15, 0.2) is 0 Å². The lowest BCUT2D eigenvalue weighted by Gasteiger charge is -2.33. The molecule has 0 saturated carbocycles. The van der Waals surface area contributed by atoms with Crippen molar-refractivity contribution in [1.29, 1.82) is 0 Å². The van der Waals surface area contributed by atoms with Gasteiger partial charge in [0.2, 0.25) is 11.8 Å². The van der Waals surface area contributed by atoms with Crippen LogP contribution in [0, 0.1) is 5.92 Å². The fourth-order valence-corrected chi connectivity index (χ4v) is 2.65. The van der Waals surface area contributed by atoms with Crippen LogP contribution in [0.5, 0.6) is 0 Å². The highest BCUT2D eigenvalue weighted by Crippen LogP contribution is 2.11. The van der Waals surface area contributed by atoms with Gasteiger partial charge < -0.3 is 15.5 Å². The lowest BCUT2D eigenvalue weighted by atomic mass is 10.0. The van der Waals surface area contributed by atoms with Crippen molar-refractivity contribution < 1.29 is 14.4 Å². The second-order valence-electron chi connectivity index (χ2n) is 6.39. The molecule has 0 aromatic heterocycles. The van der Waals surface area contributed by atoms with E-state index < -0.39 is 0 Å². The van der Waals surface area contributed by atoms with Crippen molar-refractivity contribution in [3.63, 3.8) is 0 Å². The third-order valence-electron chi connectivity index (χ3n) is 4.08. The number of carbonyl (C=O) groups is 3. The SMILES string of the molecule is CC(C)C(=O)N[C@@H]1CCCN(C(=O)CNC(=O)c2ccccc2)C1. The Morgan fingerprint density at radius 2 is 1.92 bits per heavy atom. The number of carbonyl (C=O) groups excluding carboxylic acids is 3. The van der Waals surface area contributed by atoms with Gasteiger partial charge in [0.25, 0.3) is 5.91 Å². The van der Waals surface area contributed by atoms with Gasteiger partial charge in [-0.3, -0.25) is 14.4 Å². The fourth-order valence-electron chi connectivity index (χ4n) is 2.65. The van der Waals surface area contributed by atoms with E-state index in [9.17, 15) is 14.4 Å². The van der Waals surface area contributed by atoms with Gasteiger partial charge in [-0.25, -0.2) is 0 Å². The maximum Gasteiger partial charge on any atom is 0.251 e. The summed E-state index contributed by atoms with van der Waals surface area (Å²) in [6, 6.07) is 8.80. The standard InChI is InChI=1S/C18H25N3O3/c1-13(2)17(23)20-15-9-6-10-21(12-15)16(22)11-19-18(24)14-7-4-3-5-8-14/h3-5,7-8,13,15H,6,9-12H2,1-2H3,(H,19,24)(H,20,23)/t15-/m1/s1. The van der Waals surface area contributed by atoms with Gasteiger partial charge in [-0.15, -0.1) is 0 Å². The predicted octanol–water partition coefficient (Wildman–Crippen LogP) is 1.18. The lowest BCUT2D eigenvalue weighted by Crippen LogP contribution is -2.52. The highest BCUT2D eigenvalue weighted by Gasteiger charge is 2.25. The molecule has 6 heteroatoms. The largest absolute Gasteiger partial charge is 0.351 e. The van der Waals surface area contributed by atoms with E-state index in [4.69, 9.17) is 0 Å². The van der Waals surface area contributed by atoms with E-state index in [1.807, 2.05) is 19.9 Å². The summed E-state index contributed by atoms with van der Waals surface area (Å²) in [4.78, 5) is 37.8. The van der Waals surface area contributed by atoms with Crippen LogP contribution in [0.25, 0.3) is 0 Å². The summed E-state index contributed by atoms with van der Waals surface area (Å²) >= 11 is 0. The molecule has 6 nitrogen and oxygen atoms in total. The first-order valence-electron chi connectivity index (χ1n) is 8.38. The number of piperidine rings is 1. The van der Waals surface area contributed by atoms with Gasteiger partial charge in [0, 0.05) is 30.6 Å². The first-order valence-corrected chi connectivity index (χ1v) is 8.38. The number of hydrogen-bond donors (Lipinski definition) is 2. The van der Waals surface area contributed by atoms with Gasteiger partial charge in [-0.1, -0.05) is 32.0 Å². The third kappa shape index (κ3) is 5.08. The molecule has 130 valence electrons. The maximum atomic E-state index is 12.3. The van der Waals surface area contributed by atoms with Crippen LogP contribution in [0.4, 0.5) is 0 Å². The average molecular weight is 331 g/mol. The van der Waals surface area contributed by atoms with E-state index >= 15 is 0 Å². The summed E-state index contributed by atoms with van der Waals surface area (Å²) in [5.74, 6) is -0.443. The molecule has 0 spiro atoms. The second kappa shape index (κ2) is 8.47. The number of nitrogens with one attached hydrogen (secondary N) is 2. The van der Waals surface area contributed by atoms with Crippen LogP contribution in [0.2, 0.25) is 0 Å². The normalized spacial score (nSPS) is 17.5. The van der Waals surface area contributed by atoms with E-state index in [0.717, 1.165) is 12.8 Å². The Kier molecular flexibility index (Phi) is 6.35. The summed E-state index contributed by atoms with van der Waals surface area (Å²) in [7, 11) is 0. The van der Waals surface area contributed by atoms with E-state index in [1.165, 1.54) is 0 Å². The van der Waals surface area contributed by atoms with Crippen molar-refractivity contribution in [1.82, 2.24) is 15.5 Å². The molecule has 0 radical (unpaired) electrons. The predicted molar refractivity (Wildman–Crippen MR) is 91.4 cm³/mol. The molecule has 1 aromatic rings. The van der Waals surface area contributed by atoms with Crippen LogP contribution in [0.15, 0.2) is 30.3 Å². The van der Waals surface area contributed by atoms with Crippen molar-refractivity contribution in [2.45, 2.75) is 32.7 Å². The third-order valence-corrected chi connectivity index (χ3v) is 4.08. The monoisotopic (exact) mass is 331 g/mol. The molecule has 1 saturated heterocycles. The minimum Gasteiger partial charge on any atom is -0.351 e. The topological polar surface area (TPSA) is 78.5 Å². The van der Waals surface area contributed by atoms with Gasteiger partial charge >= 0.3 is 0 Å². The number of amides is 3. The first-order chi connectivity index (χ1) is 11.5. The average Bonchev–Trinajstić information content (AvgIpc) is 2.60. The molecule has 1 aromatic carbocycles. The molecule has 0 unspecified atom stereocenters. The quantitative estimate of drug-likeness (QED) is 0.850. The summed E-state index contributed by atoms with van der Waals surface area (Å²) in [5.41, 5.74) is 0.533. The molecule has 1 aliphatic heterocycles. The molecule has 1 atom stereocenters. The first kappa shape index (κ1) is 18.0. The Balaban J connectivity index is 1.81. The number of benzene rings is 1. The van der Waals surface area contributed by atoms with E-state index in [1.54, 1.807) is 29.2 Å². The Labute approximate surface area is 142 Å². The highest BCUT2D eigenvalue weighted by molar-refractivity contribution is 5.96. The van der Waals surface area contributed by atoms with Gasteiger partial charge in [-0.05, 0) is 25.0 Å². The smallest absolute Gasteiger partial charge is 0.251 e. The molecule has 0 aliphatic carbocycles. The van der Waals surface area contributed by atoms with E-state index in [2.05, 4.69) is 10.6 Å². The summed E-state index contributed by atoms with van der Waals surface area (Å²) < 4.78 is 0. The van der Waals surface area contributed by atoms with Crippen LogP contribution in [0.3, 0.4) is 0 Å². The fraction of sp³-hybridized carbons (Fsp3) is 0.500. The second-order valence-corrected chi connectivity index (χ2v) is 6.39. The van der Waals surface area contributed by atoms with Crippen LogP contribution < -0.4 is 10.6 Å². The molecule has 2 N–H and O–H groups in total. The molecule has 1 fully saturated rings.